The number of hydrogen-bond donors (Lipinski definition) is 1. The second-order valence-corrected chi connectivity index (χ2v) is 7.63. The van der Waals surface area contributed by atoms with E-state index >= 15 is 0 Å². The van der Waals surface area contributed by atoms with Gasteiger partial charge in [0.25, 0.3) is 5.56 Å². The van der Waals surface area contributed by atoms with Gasteiger partial charge in [-0.25, -0.2) is 4.98 Å². The number of benzene rings is 2. The highest BCUT2D eigenvalue weighted by molar-refractivity contribution is 7.20. The molecule has 5 aromatic rings. The summed E-state index contributed by atoms with van der Waals surface area (Å²) in [4.78, 5) is 18.4. The highest BCUT2D eigenvalue weighted by atomic mass is 32.1. The summed E-state index contributed by atoms with van der Waals surface area (Å²) in [6.45, 7) is 1.75. The fraction of sp³-hybridized carbons (Fsp3) is 0.0455. The summed E-state index contributed by atoms with van der Waals surface area (Å²) >= 11 is 1.41. The van der Waals surface area contributed by atoms with Gasteiger partial charge >= 0.3 is 0 Å². The van der Waals surface area contributed by atoms with Crippen LogP contribution >= 0.6 is 11.3 Å². The van der Waals surface area contributed by atoms with Gasteiger partial charge in [0.05, 0.1) is 21.5 Å². The van der Waals surface area contributed by atoms with Crippen molar-refractivity contribution in [3.63, 3.8) is 0 Å². The highest BCUT2D eigenvalue weighted by Gasteiger charge is 2.17. The number of pyridine rings is 1. The van der Waals surface area contributed by atoms with Gasteiger partial charge in [0.2, 0.25) is 0 Å². The van der Waals surface area contributed by atoms with Crippen LogP contribution in [0.25, 0.3) is 32.8 Å². The van der Waals surface area contributed by atoms with Crippen molar-refractivity contribution in [2.45, 2.75) is 6.92 Å². The quantitative estimate of drug-likeness (QED) is 0.481. The first-order valence-corrected chi connectivity index (χ1v) is 9.48. The largest absolute Gasteiger partial charge is 0.506 e. The first kappa shape index (κ1) is 16.5. The summed E-state index contributed by atoms with van der Waals surface area (Å²) in [6, 6.07) is 17.0. The van der Waals surface area contributed by atoms with Crippen LogP contribution in [0.1, 0.15) is 16.0 Å². The van der Waals surface area contributed by atoms with Gasteiger partial charge in [-0.05, 0) is 42.8 Å². The van der Waals surface area contributed by atoms with Crippen LogP contribution in [0.5, 0.6) is 5.75 Å². The SMILES string of the molecule is Cc1c(C#N)c2nc3ccccc3n2c(=O)c1=Cc1sc2ccccc2c1O. The van der Waals surface area contributed by atoms with E-state index in [-0.39, 0.29) is 11.3 Å². The lowest BCUT2D eigenvalue weighted by molar-refractivity contribution is 0.482. The molecule has 3 aromatic heterocycles. The normalized spacial score (nSPS) is 12.2. The van der Waals surface area contributed by atoms with Gasteiger partial charge < -0.3 is 5.11 Å². The molecule has 6 heteroatoms. The molecule has 5 rings (SSSR count). The zero-order chi connectivity index (χ0) is 19.4. The fourth-order valence-electron chi connectivity index (χ4n) is 3.57. The maximum absolute atomic E-state index is 13.3. The number of imidazole rings is 1. The Balaban J connectivity index is 1.95. The number of rotatable bonds is 1. The number of aromatic hydroxyl groups is 1. The molecular weight excluding hydrogens is 370 g/mol. The van der Waals surface area contributed by atoms with E-state index in [0.717, 1.165) is 10.1 Å². The van der Waals surface area contributed by atoms with E-state index < -0.39 is 0 Å². The van der Waals surface area contributed by atoms with Gasteiger partial charge in [-0.3, -0.25) is 9.20 Å². The Labute approximate surface area is 163 Å². The molecule has 0 aliphatic carbocycles. The van der Waals surface area contributed by atoms with E-state index in [0.29, 0.717) is 37.9 Å². The predicted molar refractivity (Wildman–Crippen MR) is 111 cm³/mol. The lowest BCUT2D eigenvalue weighted by Crippen LogP contribution is -2.34. The first-order valence-electron chi connectivity index (χ1n) is 8.66. The molecule has 0 aliphatic heterocycles. The lowest BCUT2D eigenvalue weighted by atomic mass is 10.1. The summed E-state index contributed by atoms with van der Waals surface area (Å²) < 4.78 is 2.42. The van der Waals surface area contributed by atoms with E-state index in [1.54, 1.807) is 13.0 Å². The van der Waals surface area contributed by atoms with Crippen molar-refractivity contribution >= 4 is 44.2 Å². The summed E-state index contributed by atoms with van der Waals surface area (Å²) in [6.07, 6.45) is 1.67. The topological polar surface area (TPSA) is 78.4 Å². The second kappa shape index (κ2) is 5.91. The Morgan fingerprint density at radius 2 is 1.93 bits per heavy atom. The average Bonchev–Trinajstić information content (AvgIpc) is 3.24. The summed E-state index contributed by atoms with van der Waals surface area (Å²) in [5, 5.41) is 21.5. The molecule has 3 heterocycles. The number of thiophene rings is 1. The maximum atomic E-state index is 13.3. The third kappa shape index (κ3) is 2.17. The van der Waals surface area contributed by atoms with Crippen LogP contribution < -0.4 is 10.8 Å². The van der Waals surface area contributed by atoms with Crippen molar-refractivity contribution in [2.75, 3.05) is 0 Å². The van der Waals surface area contributed by atoms with Crippen molar-refractivity contribution in [1.82, 2.24) is 9.38 Å². The van der Waals surface area contributed by atoms with Crippen LogP contribution in [-0.2, 0) is 0 Å². The molecule has 0 amide bonds. The number of aromatic nitrogens is 2. The molecule has 0 saturated carbocycles. The van der Waals surface area contributed by atoms with Gasteiger partial charge in [-0.2, -0.15) is 5.26 Å². The molecular formula is C22H13N3O2S. The first-order chi connectivity index (χ1) is 13.6. The summed E-state index contributed by atoms with van der Waals surface area (Å²) in [7, 11) is 0. The standard InChI is InChI=1S/C22H13N3O2S/c1-12-14(10-19-20(26)13-6-2-5-9-18(13)28-19)22(27)25-17-8-4-3-7-16(17)24-21(25)15(12)11-23/h2-10,26H,1H3. The Morgan fingerprint density at radius 1 is 1.18 bits per heavy atom. The molecule has 0 atom stereocenters. The van der Waals surface area contributed by atoms with Crippen LogP contribution in [0.15, 0.2) is 53.3 Å². The highest BCUT2D eigenvalue weighted by Crippen LogP contribution is 2.37. The second-order valence-electron chi connectivity index (χ2n) is 6.55. The zero-order valence-corrected chi connectivity index (χ0v) is 15.6. The van der Waals surface area contributed by atoms with Gasteiger partial charge in [0.15, 0.2) is 5.65 Å². The Hall–Kier alpha value is -3.69. The number of nitriles is 1. The lowest BCUT2D eigenvalue weighted by Gasteiger charge is -2.02. The molecule has 5 nitrogen and oxygen atoms in total. The van der Waals surface area contributed by atoms with Crippen molar-refractivity contribution in [2.24, 2.45) is 0 Å². The smallest absolute Gasteiger partial charge is 0.264 e. The minimum Gasteiger partial charge on any atom is -0.506 e. The van der Waals surface area contributed by atoms with E-state index in [1.807, 2.05) is 48.5 Å². The van der Waals surface area contributed by atoms with E-state index in [1.165, 1.54) is 15.7 Å². The third-order valence-electron chi connectivity index (χ3n) is 4.98. The Morgan fingerprint density at radius 3 is 2.71 bits per heavy atom. The summed E-state index contributed by atoms with van der Waals surface area (Å²) in [5.41, 5.74) is 2.36. The Bertz CT molecular complexity index is 1570. The molecule has 0 fully saturated rings. The van der Waals surface area contributed by atoms with Crippen LogP contribution in [0.3, 0.4) is 0 Å². The van der Waals surface area contributed by atoms with Crippen molar-refractivity contribution in [3.8, 4) is 11.8 Å². The van der Waals surface area contributed by atoms with E-state index in [9.17, 15) is 15.2 Å². The molecule has 28 heavy (non-hydrogen) atoms. The number of nitrogens with zero attached hydrogens (tertiary/aromatic N) is 3. The van der Waals surface area contributed by atoms with E-state index in [2.05, 4.69) is 11.1 Å². The molecule has 0 bridgehead atoms. The third-order valence-corrected chi connectivity index (χ3v) is 6.09. The molecule has 0 unspecified atom stereocenters. The monoisotopic (exact) mass is 383 g/mol. The zero-order valence-electron chi connectivity index (χ0n) is 14.8. The van der Waals surface area contributed by atoms with Crippen molar-refractivity contribution in [3.05, 3.63) is 80.1 Å². The van der Waals surface area contributed by atoms with Crippen molar-refractivity contribution in [1.29, 1.82) is 5.26 Å². The molecule has 0 aliphatic rings. The summed E-state index contributed by atoms with van der Waals surface area (Å²) in [5.74, 6) is 0.147. The fourth-order valence-corrected chi connectivity index (χ4v) is 4.61. The van der Waals surface area contributed by atoms with Crippen LogP contribution in [-0.4, -0.2) is 14.5 Å². The van der Waals surface area contributed by atoms with Gasteiger partial charge in [-0.15, -0.1) is 11.3 Å². The van der Waals surface area contributed by atoms with Crippen LogP contribution in [0.2, 0.25) is 0 Å². The molecule has 1 N–H and O–H groups in total. The molecule has 134 valence electrons. The number of para-hydroxylation sites is 2. The minimum absolute atomic E-state index is 0.147. The molecule has 2 aromatic carbocycles. The minimum atomic E-state index is -0.253. The average molecular weight is 383 g/mol. The number of hydrogen-bond acceptors (Lipinski definition) is 5. The molecule has 0 saturated heterocycles. The maximum Gasteiger partial charge on any atom is 0.264 e. The van der Waals surface area contributed by atoms with E-state index in [4.69, 9.17) is 0 Å². The van der Waals surface area contributed by atoms with Crippen molar-refractivity contribution < 1.29 is 5.11 Å². The Kier molecular flexibility index (Phi) is 3.48. The van der Waals surface area contributed by atoms with Crippen LogP contribution in [0.4, 0.5) is 0 Å². The molecule has 0 spiro atoms. The number of fused-ring (bicyclic) bond motifs is 4. The van der Waals surface area contributed by atoms with Gasteiger partial charge in [-0.1, -0.05) is 24.3 Å². The van der Waals surface area contributed by atoms with Gasteiger partial charge in [0.1, 0.15) is 11.8 Å². The van der Waals surface area contributed by atoms with Gasteiger partial charge in [0, 0.05) is 15.3 Å². The molecule has 0 radical (unpaired) electrons. The predicted octanol–water partition coefficient (Wildman–Crippen LogP) is 3.50. The van der Waals surface area contributed by atoms with Crippen LogP contribution in [0, 0.1) is 18.3 Å².